The second-order valence-corrected chi connectivity index (χ2v) is 7.26. The minimum Gasteiger partial charge on any atom is -0.493 e. The first-order chi connectivity index (χ1) is 14.1. The van der Waals surface area contributed by atoms with Gasteiger partial charge in [-0.05, 0) is 60.1 Å². The molecule has 0 bridgehead atoms. The molecule has 2 aromatic carbocycles. The van der Waals surface area contributed by atoms with Crippen molar-refractivity contribution >= 4 is 30.0 Å². The van der Waals surface area contributed by atoms with Crippen molar-refractivity contribution in [1.82, 2.24) is 14.9 Å². The van der Waals surface area contributed by atoms with E-state index < -0.39 is 0 Å². The summed E-state index contributed by atoms with van der Waals surface area (Å²) >= 11 is 11.3. The van der Waals surface area contributed by atoms with Gasteiger partial charge in [-0.1, -0.05) is 37.1 Å². The number of nitrogens with one attached hydrogen (secondary N) is 1. The van der Waals surface area contributed by atoms with Crippen molar-refractivity contribution in [2.24, 2.45) is 5.10 Å². The monoisotopic (exact) mass is 430 g/mol. The van der Waals surface area contributed by atoms with Crippen LogP contribution in [0.2, 0.25) is 5.02 Å². The first-order valence-corrected chi connectivity index (χ1v) is 10.1. The van der Waals surface area contributed by atoms with Crippen LogP contribution in [0.3, 0.4) is 0 Å². The fourth-order valence-corrected chi connectivity index (χ4v) is 3.15. The van der Waals surface area contributed by atoms with Crippen molar-refractivity contribution in [2.75, 3.05) is 7.11 Å². The van der Waals surface area contributed by atoms with Crippen molar-refractivity contribution in [1.29, 1.82) is 0 Å². The Bertz CT molecular complexity index is 1050. The minimum atomic E-state index is 0.398. The average molecular weight is 431 g/mol. The standard InChI is InChI=1S/C21H23ClN4O2S/c1-3-4-8-20-24-25-21(29)26(20)23-13-15-9-10-18(19(12-15)27-2)28-14-16-6-5-7-17(22)11-16/h5-7,9-13H,3-4,8,14H2,1-2H3,(H,25,29)/b23-13+. The van der Waals surface area contributed by atoms with Crippen LogP contribution in [0.1, 0.15) is 36.7 Å². The van der Waals surface area contributed by atoms with Crippen molar-refractivity contribution in [3.05, 3.63) is 69.2 Å². The fourth-order valence-electron chi connectivity index (χ4n) is 2.74. The number of H-pyrrole nitrogens is 1. The highest BCUT2D eigenvalue weighted by molar-refractivity contribution is 7.71. The smallest absolute Gasteiger partial charge is 0.216 e. The van der Waals surface area contributed by atoms with Crippen LogP contribution in [-0.4, -0.2) is 28.2 Å². The van der Waals surface area contributed by atoms with Crippen molar-refractivity contribution in [3.63, 3.8) is 0 Å². The molecule has 3 aromatic rings. The molecule has 0 saturated carbocycles. The Hall–Kier alpha value is -2.64. The molecule has 0 spiro atoms. The molecular weight excluding hydrogens is 408 g/mol. The summed E-state index contributed by atoms with van der Waals surface area (Å²) in [5.41, 5.74) is 1.85. The van der Waals surface area contributed by atoms with Gasteiger partial charge in [-0.25, -0.2) is 0 Å². The molecule has 1 N–H and O–H groups in total. The lowest BCUT2D eigenvalue weighted by molar-refractivity contribution is 0.284. The van der Waals surface area contributed by atoms with E-state index in [-0.39, 0.29) is 0 Å². The largest absolute Gasteiger partial charge is 0.493 e. The molecule has 1 heterocycles. The lowest BCUT2D eigenvalue weighted by Crippen LogP contribution is -2.00. The van der Waals surface area contributed by atoms with Crippen LogP contribution in [0, 0.1) is 4.77 Å². The van der Waals surface area contributed by atoms with Crippen molar-refractivity contribution < 1.29 is 9.47 Å². The maximum atomic E-state index is 6.02. The summed E-state index contributed by atoms with van der Waals surface area (Å²) in [7, 11) is 1.61. The fraction of sp³-hybridized carbons (Fsp3) is 0.286. The van der Waals surface area contributed by atoms with Gasteiger partial charge in [0.05, 0.1) is 13.3 Å². The Kier molecular flexibility index (Phi) is 7.43. The van der Waals surface area contributed by atoms with E-state index in [1.54, 1.807) is 18.0 Å². The van der Waals surface area contributed by atoms with Gasteiger partial charge in [0, 0.05) is 11.4 Å². The molecule has 0 saturated heterocycles. The summed E-state index contributed by atoms with van der Waals surface area (Å²) in [5, 5.41) is 12.2. The van der Waals surface area contributed by atoms with Crippen molar-refractivity contribution in [3.8, 4) is 11.5 Å². The highest BCUT2D eigenvalue weighted by Crippen LogP contribution is 2.28. The molecule has 0 aliphatic carbocycles. The Balaban J connectivity index is 1.74. The zero-order chi connectivity index (χ0) is 20.6. The highest BCUT2D eigenvalue weighted by atomic mass is 35.5. The summed E-state index contributed by atoms with van der Waals surface area (Å²) in [6.07, 6.45) is 4.66. The number of aromatic amines is 1. The Morgan fingerprint density at radius 3 is 2.86 bits per heavy atom. The zero-order valence-electron chi connectivity index (χ0n) is 16.4. The van der Waals surface area contributed by atoms with E-state index in [0.29, 0.717) is 27.9 Å². The second kappa shape index (κ2) is 10.2. The SMILES string of the molecule is CCCCc1n[nH]c(=S)n1/N=C/c1ccc(OCc2cccc(Cl)c2)c(OC)c1. The average Bonchev–Trinajstić information content (AvgIpc) is 3.08. The number of nitrogens with zero attached hydrogens (tertiary/aromatic N) is 3. The Morgan fingerprint density at radius 2 is 2.10 bits per heavy atom. The molecule has 0 radical (unpaired) electrons. The molecule has 0 fully saturated rings. The summed E-state index contributed by atoms with van der Waals surface area (Å²) in [6, 6.07) is 13.2. The predicted molar refractivity (Wildman–Crippen MR) is 118 cm³/mol. The topological polar surface area (TPSA) is 64.4 Å². The van der Waals surface area contributed by atoms with Gasteiger partial charge in [-0.2, -0.15) is 14.9 Å². The molecule has 0 aliphatic heterocycles. The molecule has 1 aromatic heterocycles. The van der Waals surface area contributed by atoms with E-state index in [1.165, 1.54) is 0 Å². The predicted octanol–water partition coefficient (Wildman–Crippen LogP) is 5.41. The number of halogens is 1. The van der Waals surface area contributed by atoms with Crippen LogP contribution in [0.15, 0.2) is 47.6 Å². The van der Waals surface area contributed by atoms with Crippen molar-refractivity contribution in [2.45, 2.75) is 32.8 Å². The lowest BCUT2D eigenvalue weighted by Gasteiger charge is -2.11. The molecule has 0 aliphatic rings. The summed E-state index contributed by atoms with van der Waals surface area (Å²) < 4.78 is 13.5. The first kappa shape index (κ1) is 21.1. The first-order valence-electron chi connectivity index (χ1n) is 9.36. The van der Waals surface area contributed by atoms with Crippen LogP contribution in [0.4, 0.5) is 0 Å². The van der Waals surface area contributed by atoms with Crippen LogP contribution in [-0.2, 0) is 13.0 Å². The van der Waals surface area contributed by atoms with E-state index in [4.69, 9.17) is 33.3 Å². The van der Waals surface area contributed by atoms with Crippen LogP contribution >= 0.6 is 23.8 Å². The number of unbranched alkanes of at least 4 members (excludes halogenated alkanes) is 1. The van der Waals surface area contributed by atoms with E-state index in [0.717, 1.165) is 36.2 Å². The highest BCUT2D eigenvalue weighted by Gasteiger charge is 2.07. The summed E-state index contributed by atoms with van der Waals surface area (Å²) in [5.74, 6) is 2.09. The Morgan fingerprint density at radius 1 is 1.24 bits per heavy atom. The van der Waals surface area contributed by atoms with Gasteiger partial charge in [0.25, 0.3) is 0 Å². The third-order valence-corrected chi connectivity index (χ3v) is 4.76. The van der Waals surface area contributed by atoms with Crippen LogP contribution in [0.25, 0.3) is 0 Å². The number of hydrogen-bond acceptors (Lipinski definition) is 5. The zero-order valence-corrected chi connectivity index (χ0v) is 18.0. The van der Waals surface area contributed by atoms with Gasteiger partial charge in [0.15, 0.2) is 17.3 Å². The molecule has 0 amide bonds. The molecule has 3 rings (SSSR count). The van der Waals surface area contributed by atoms with Gasteiger partial charge in [0.1, 0.15) is 6.61 Å². The van der Waals surface area contributed by atoms with Gasteiger partial charge in [0.2, 0.25) is 4.77 Å². The Labute approximate surface area is 180 Å². The van der Waals surface area contributed by atoms with Gasteiger partial charge >= 0.3 is 0 Å². The van der Waals surface area contributed by atoms with Gasteiger partial charge in [-0.3, -0.25) is 5.10 Å². The van der Waals surface area contributed by atoms with Gasteiger partial charge < -0.3 is 9.47 Å². The van der Waals surface area contributed by atoms with E-state index in [1.807, 2.05) is 42.5 Å². The maximum Gasteiger partial charge on any atom is 0.216 e. The van der Waals surface area contributed by atoms with Crippen LogP contribution in [0.5, 0.6) is 11.5 Å². The molecule has 152 valence electrons. The van der Waals surface area contributed by atoms with E-state index in [2.05, 4.69) is 22.2 Å². The number of aryl methyl sites for hydroxylation is 1. The maximum absolute atomic E-state index is 6.02. The van der Waals surface area contributed by atoms with E-state index in [9.17, 15) is 0 Å². The summed E-state index contributed by atoms with van der Waals surface area (Å²) in [4.78, 5) is 0. The quantitative estimate of drug-likeness (QED) is 0.364. The minimum absolute atomic E-state index is 0.398. The molecule has 29 heavy (non-hydrogen) atoms. The third-order valence-electron chi connectivity index (χ3n) is 4.26. The number of hydrogen-bond donors (Lipinski definition) is 1. The molecular formula is C21H23ClN4O2S. The number of aromatic nitrogens is 3. The molecule has 0 unspecified atom stereocenters. The van der Waals surface area contributed by atoms with Crippen LogP contribution < -0.4 is 9.47 Å². The van der Waals surface area contributed by atoms with E-state index >= 15 is 0 Å². The number of ether oxygens (including phenoxy) is 2. The van der Waals surface area contributed by atoms with Gasteiger partial charge in [-0.15, -0.1) is 0 Å². The lowest BCUT2D eigenvalue weighted by atomic mass is 10.2. The summed E-state index contributed by atoms with van der Waals surface area (Å²) in [6.45, 7) is 2.53. The third kappa shape index (κ3) is 5.68. The number of methoxy groups -OCH3 is 1. The molecule has 6 nitrogen and oxygen atoms in total. The number of rotatable bonds is 9. The second-order valence-electron chi connectivity index (χ2n) is 6.43. The molecule has 8 heteroatoms. The molecule has 0 atom stereocenters. The normalized spacial score (nSPS) is 11.1. The number of benzene rings is 2.